The lowest BCUT2D eigenvalue weighted by Crippen LogP contribution is -2.40. The summed E-state index contributed by atoms with van der Waals surface area (Å²) in [5.74, 6) is 1.51. The van der Waals surface area contributed by atoms with Crippen molar-refractivity contribution in [3.8, 4) is 0 Å². The number of hydrogen-bond donors (Lipinski definition) is 2. The molecule has 1 aromatic rings. The van der Waals surface area contributed by atoms with Gasteiger partial charge in [0, 0.05) is 37.6 Å². The second-order valence-corrected chi connectivity index (χ2v) is 8.90. The third-order valence-corrected chi connectivity index (χ3v) is 6.73. The molecule has 1 aromatic heterocycles. The average molecular weight is 472 g/mol. The van der Waals surface area contributed by atoms with Gasteiger partial charge < -0.3 is 10.6 Å². The molecule has 6 nitrogen and oxygen atoms in total. The highest BCUT2D eigenvalue weighted by Gasteiger charge is 2.27. The Hall–Kier alpha value is -0.420. The topological polar surface area (TPSA) is 83.4 Å². The molecule has 0 spiro atoms. The molecule has 23 heavy (non-hydrogen) atoms. The lowest BCUT2D eigenvalue weighted by atomic mass is 10.1. The van der Waals surface area contributed by atoms with Crippen molar-refractivity contribution in [3.63, 3.8) is 0 Å². The predicted molar refractivity (Wildman–Crippen MR) is 107 cm³/mol. The van der Waals surface area contributed by atoms with Gasteiger partial charge in [-0.15, -0.1) is 35.3 Å². The van der Waals surface area contributed by atoms with Crippen molar-refractivity contribution in [1.82, 2.24) is 15.6 Å². The van der Waals surface area contributed by atoms with Crippen LogP contribution < -0.4 is 10.6 Å². The Balaban J connectivity index is 0.00000264. The highest BCUT2D eigenvalue weighted by Crippen LogP contribution is 2.17. The molecular formula is C14H25IN4O2S2. The third kappa shape index (κ3) is 6.92. The maximum absolute atomic E-state index is 11.4. The molecule has 132 valence electrons. The lowest BCUT2D eigenvalue weighted by molar-refractivity contribution is 0.567. The van der Waals surface area contributed by atoms with Crippen LogP contribution in [0, 0.1) is 5.92 Å². The molecule has 2 N–H and O–H groups in total. The Morgan fingerprint density at radius 3 is 2.83 bits per heavy atom. The van der Waals surface area contributed by atoms with Crippen LogP contribution in [0.25, 0.3) is 0 Å². The van der Waals surface area contributed by atoms with Crippen molar-refractivity contribution in [2.45, 2.75) is 26.2 Å². The molecule has 9 heteroatoms. The number of hydrogen-bond acceptors (Lipinski definition) is 5. The van der Waals surface area contributed by atoms with E-state index in [1.54, 1.807) is 18.4 Å². The first-order valence-electron chi connectivity index (χ1n) is 7.61. The smallest absolute Gasteiger partial charge is 0.190 e. The predicted octanol–water partition coefficient (Wildman–Crippen LogP) is 1.47. The van der Waals surface area contributed by atoms with E-state index in [1.807, 2.05) is 6.20 Å². The Bertz CT molecular complexity index is 616. The fraction of sp³-hybridized carbons (Fsp3) is 0.714. The SMILES string of the molecule is CCc1cnc(CCNC(=NC)NCC2CCS(=O)(=O)C2)s1.I. The maximum atomic E-state index is 11.4. The van der Waals surface area contributed by atoms with Gasteiger partial charge in [0.25, 0.3) is 0 Å². The van der Waals surface area contributed by atoms with Gasteiger partial charge in [-0.05, 0) is 18.8 Å². The van der Waals surface area contributed by atoms with Crippen LogP contribution in [0.5, 0.6) is 0 Å². The molecule has 0 radical (unpaired) electrons. The molecule has 1 unspecified atom stereocenters. The fourth-order valence-electron chi connectivity index (χ4n) is 2.41. The van der Waals surface area contributed by atoms with Gasteiger partial charge in [0.2, 0.25) is 0 Å². The van der Waals surface area contributed by atoms with Crippen LogP contribution in [0.4, 0.5) is 0 Å². The lowest BCUT2D eigenvalue weighted by Gasteiger charge is -2.14. The number of rotatable bonds is 6. The van der Waals surface area contributed by atoms with E-state index >= 15 is 0 Å². The second kappa shape index (κ2) is 9.77. The average Bonchev–Trinajstić information content (AvgIpc) is 3.08. The van der Waals surface area contributed by atoms with Crippen LogP contribution in [0.3, 0.4) is 0 Å². The molecule has 2 heterocycles. The number of aliphatic imine (C=N–C) groups is 1. The Morgan fingerprint density at radius 2 is 2.26 bits per heavy atom. The standard InChI is InChI=1S/C14H24N4O2S2.HI/c1-3-12-9-17-13(21-12)4-6-16-14(15-2)18-8-11-5-7-22(19,20)10-11;/h9,11H,3-8,10H2,1-2H3,(H2,15,16,18);1H. The highest BCUT2D eigenvalue weighted by atomic mass is 127. The Labute approximate surface area is 159 Å². The van der Waals surface area contributed by atoms with E-state index in [1.165, 1.54) is 4.88 Å². The number of nitrogens with one attached hydrogen (secondary N) is 2. The summed E-state index contributed by atoms with van der Waals surface area (Å²) in [5.41, 5.74) is 0. The number of aryl methyl sites for hydroxylation is 1. The summed E-state index contributed by atoms with van der Waals surface area (Å²) in [6.45, 7) is 3.54. The summed E-state index contributed by atoms with van der Waals surface area (Å²) in [6.07, 6.45) is 4.57. The van der Waals surface area contributed by atoms with Crippen LogP contribution in [0.2, 0.25) is 0 Å². The molecule has 1 aliphatic heterocycles. The van der Waals surface area contributed by atoms with Gasteiger partial charge in [-0.2, -0.15) is 0 Å². The molecule has 0 saturated carbocycles. The van der Waals surface area contributed by atoms with E-state index < -0.39 is 9.84 Å². The van der Waals surface area contributed by atoms with Crippen LogP contribution in [0.15, 0.2) is 11.2 Å². The second-order valence-electron chi connectivity index (χ2n) is 5.47. The fourth-order valence-corrected chi connectivity index (χ4v) is 5.13. The van der Waals surface area contributed by atoms with Gasteiger partial charge in [-0.25, -0.2) is 13.4 Å². The molecule has 0 amide bonds. The van der Waals surface area contributed by atoms with E-state index in [9.17, 15) is 8.42 Å². The number of thiazole rings is 1. The summed E-state index contributed by atoms with van der Waals surface area (Å²) in [4.78, 5) is 9.86. The third-order valence-electron chi connectivity index (χ3n) is 3.69. The Morgan fingerprint density at radius 1 is 1.48 bits per heavy atom. The molecule has 1 atom stereocenters. The summed E-state index contributed by atoms with van der Waals surface area (Å²) in [7, 11) is -1.09. The molecule has 0 aliphatic carbocycles. The van der Waals surface area contributed by atoms with E-state index in [2.05, 4.69) is 27.5 Å². The molecule has 0 aromatic carbocycles. The number of sulfone groups is 1. The number of halogens is 1. The van der Waals surface area contributed by atoms with E-state index in [0.717, 1.165) is 36.8 Å². The van der Waals surface area contributed by atoms with Gasteiger partial charge in [0.05, 0.1) is 16.5 Å². The normalized spacial score (nSPS) is 20.1. The minimum atomic E-state index is -2.81. The minimum Gasteiger partial charge on any atom is -0.356 e. The van der Waals surface area contributed by atoms with Crippen LogP contribution in [0.1, 0.15) is 23.2 Å². The largest absolute Gasteiger partial charge is 0.356 e. The van der Waals surface area contributed by atoms with Gasteiger partial charge in [-0.1, -0.05) is 6.92 Å². The van der Waals surface area contributed by atoms with E-state index in [-0.39, 0.29) is 35.6 Å². The van der Waals surface area contributed by atoms with Crippen LogP contribution in [-0.2, 0) is 22.7 Å². The van der Waals surface area contributed by atoms with Gasteiger partial charge in [0.15, 0.2) is 15.8 Å². The highest BCUT2D eigenvalue weighted by molar-refractivity contribution is 14.0. The monoisotopic (exact) mass is 472 g/mol. The molecule has 1 fully saturated rings. The van der Waals surface area contributed by atoms with Gasteiger partial charge >= 0.3 is 0 Å². The summed E-state index contributed by atoms with van der Waals surface area (Å²) < 4.78 is 22.9. The minimum absolute atomic E-state index is 0. The van der Waals surface area contributed by atoms with Crippen molar-refractivity contribution in [1.29, 1.82) is 0 Å². The van der Waals surface area contributed by atoms with Crippen molar-refractivity contribution < 1.29 is 8.42 Å². The van der Waals surface area contributed by atoms with Crippen LogP contribution >= 0.6 is 35.3 Å². The first-order chi connectivity index (χ1) is 10.5. The quantitative estimate of drug-likeness (QED) is 0.372. The van der Waals surface area contributed by atoms with Gasteiger partial charge in [-0.3, -0.25) is 4.99 Å². The summed E-state index contributed by atoms with van der Waals surface area (Å²) in [5, 5.41) is 7.58. The van der Waals surface area contributed by atoms with Crippen molar-refractivity contribution in [2.75, 3.05) is 31.6 Å². The zero-order valence-electron chi connectivity index (χ0n) is 13.5. The van der Waals surface area contributed by atoms with E-state index in [4.69, 9.17) is 0 Å². The maximum Gasteiger partial charge on any atom is 0.190 e. The molecule has 0 bridgehead atoms. The molecule has 2 rings (SSSR count). The van der Waals surface area contributed by atoms with E-state index in [0.29, 0.717) is 12.3 Å². The van der Waals surface area contributed by atoms with Crippen molar-refractivity contribution in [2.24, 2.45) is 10.9 Å². The molecule has 1 saturated heterocycles. The molecular weight excluding hydrogens is 447 g/mol. The van der Waals surface area contributed by atoms with Crippen LogP contribution in [-0.4, -0.2) is 51.0 Å². The van der Waals surface area contributed by atoms with Gasteiger partial charge in [0.1, 0.15) is 0 Å². The first-order valence-corrected chi connectivity index (χ1v) is 10.2. The molecule has 1 aliphatic rings. The van der Waals surface area contributed by atoms with Crippen molar-refractivity contribution >= 4 is 51.1 Å². The number of aromatic nitrogens is 1. The Kier molecular flexibility index (Phi) is 8.76. The number of guanidine groups is 1. The first kappa shape index (κ1) is 20.6. The summed E-state index contributed by atoms with van der Waals surface area (Å²) >= 11 is 1.75. The zero-order valence-corrected chi connectivity index (χ0v) is 17.5. The zero-order chi connectivity index (χ0) is 16.0. The van der Waals surface area contributed by atoms with Crippen molar-refractivity contribution in [3.05, 3.63) is 16.1 Å². The number of nitrogens with zero attached hydrogens (tertiary/aromatic N) is 2. The summed E-state index contributed by atoms with van der Waals surface area (Å²) in [6, 6.07) is 0.